The van der Waals surface area contributed by atoms with Crippen LogP contribution in [0.2, 0.25) is 26.2 Å². The Balaban J connectivity index is 2.16. The maximum absolute atomic E-state index is 14.5. The Morgan fingerprint density at radius 2 is 1.82 bits per heavy atom. The lowest BCUT2D eigenvalue weighted by Gasteiger charge is -2.43. The molecule has 145 valence electrons. The minimum Gasteiger partial charge on any atom is -0.449 e. The van der Waals surface area contributed by atoms with E-state index in [0.717, 1.165) is 32.6 Å². The van der Waals surface area contributed by atoms with Gasteiger partial charge in [0.25, 0.3) is 5.91 Å². The van der Waals surface area contributed by atoms with Gasteiger partial charge in [-0.3, -0.25) is 10.5 Å². The molecule has 1 radical (unpaired) electrons. The molecule has 28 heavy (non-hydrogen) atoms. The highest BCUT2D eigenvalue weighted by Gasteiger charge is 2.46. The van der Waals surface area contributed by atoms with Crippen LogP contribution in [0.3, 0.4) is 0 Å². The molecule has 1 heterocycles. The normalized spacial score (nSPS) is 18.6. The molecule has 3 nitrogen and oxygen atoms in total. The van der Waals surface area contributed by atoms with Crippen LogP contribution in [-0.2, 0) is 10.5 Å². The zero-order chi connectivity index (χ0) is 20.6. The highest BCUT2D eigenvalue weighted by atomic mass is 28.4. The summed E-state index contributed by atoms with van der Waals surface area (Å²) in [6.07, 6.45) is 2.60. The van der Waals surface area contributed by atoms with E-state index in [1.165, 1.54) is 11.6 Å². The van der Waals surface area contributed by atoms with E-state index in [4.69, 9.17) is 9.85 Å². The van der Waals surface area contributed by atoms with Crippen LogP contribution in [0.1, 0.15) is 34.0 Å². The molecule has 0 unspecified atom stereocenters. The minimum absolute atomic E-state index is 0.214. The molecular weight excluding hydrogens is 385 g/mol. The maximum atomic E-state index is 14.5. The fourth-order valence-electron chi connectivity index (χ4n) is 5.14. The van der Waals surface area contributed by atoms with Crippen molar-refractivity contribution >= 4 is 39.0 Å². The van der Waals surface area contributed by atoms with Crippen molar-refractivity contribution in [2.45, 2.75) is 46.5 Å². The molecule has 0 aromatic heterocycles. The monoisotopic (exact) mass is 410 g/mol. The van der Waals surface area contributed by atoms with Crippen LogP contribution < -0.4 is 16.1 Å². The van der Waals surface area contributed by atoms with Crippen LogP contribution >= 0.6 is 0 Å². The minimum atomic E-state index is -2.31. The predicted octanol–water partition coefficient (Wildman–Crippen LogP) is 4.04. The van der Waals surface area contributed by atoms with Gasteiger partial charge in [0.05, 0.1) is 0 Å². The van der Waals surface area contributed by atoms with E-state index in [-0.39, 0.29) is 5.82 Å². The Hall–Kier alpha value is -2.03. The summed E-state index contributed by atoms with van der Waals surface area (Å²) >= 11 is 0. The summed E-state index contributed by atoms with van der Waals surface area (Å²) in [7, 11) is -4.46. The molecule has 0 saturated carbocycles. The molecule has 0 fully saturated rings. The van der Waals surface area contributed by atoms with Gasteiger partial charge < -0.3 is 4.12 Å². The van der Waals surface area contributed by atoms with Crippen LogP contribution in [-0.4, -0.2) is 22.5 Å². The molecule has 0 atom stereocenters. The van der Waals surface area contributed by atoms with E-state index in [0.29, 0.717) is 17.5 Å². The third kappa shape index (κ3) is 2.66. The number of nitrogens with one attached hydrogen (secondary N) is 1. The van der Waals surface area contributed by atoms with Crippen LogP contribution in [0.4, 0.5) is 4.39 Å². The first kappa shape index (κ1) is 19.3. The van der Waals surface area contributed by atoms with Gasteiger partial charge in [-0.15, -0.1) is 0 Å². The lowest BCUT2D eigenvalue weighted by molar-refractivity contribution is 0.0993. The van der Waals surface area contributed by atoms with Crippen molar-refractivity contribution in [2.24, 2.45) is 0 Å². The lowest BCUT2D eigenvalue weighted by atomic mass is 9.91. The smallest absolute Gasteiger partial charge is 0.270 e. The van der Waals surface area contributed by atoms with Gasteiger partial charge >= 0.3 is 0 Å². The molecule has 0 spiro atoms. The second kappa shape index (κ2) is 5.98. The largest absolute Gasteiger partial charge is 0.449 e. The molecule has 4 rings (SSSR count). The number of carbonyl (C=O) groups excluding carboxylic acids is 1. The van der Waals surface area contributed by atoms with Crippen LogP contribution in [0.15, 0.2) is 23.8 Å². The van der Waals surface area contributed by atoms with E-state index in [1.807, 2.05) is 19.1 Å². The second-order valence-electron chi connectivity index (χ2n) is 8.95. The number of halogens is 1. The average Bonchev–Trinajstić information content (AvgIpc) is 2.94. The van der Waals surface area contributed by atoms with Crippen molar-refractivity contribution in [3.63, 3.8) is 0 Å². The van der Waals surface area contributed by atoms with Crippen molar-refractivity contribution in [1.29, 1.82) is 0 Å². The lowest BCUT2D eigenvalue weighted by Crippen LogP contribution is -2.66. The topological polar surface area (TPSA) is 50.1 Å². The van der Waals surface area contributed by atoms with E-state index in [9.17, 15) is 9.18 Å². The standard InChI is InChI=1S/C22H25FNO2Si2/c1-12-9-15-14(7-8-18(23)16(15)10-12)20-17(22(24)25)11-19-13(2)21(20)28(5,6)26-27(19,3)4/h7-9,11,24H,10H2,1-6H3. The van der Waals surface area contributed by atoms with Gasteiger partial charge in [-0.2, -0.15) is 0 Å². The summed E-state index contributed by atoms with van der Waals surface area (Å²) in [4.78, 5) is 12.4. The van der Waals surface area contributed by atoms with E-state index in [1.54, 1.807) is 6.07 Å². The first-order valence-corrected chi connectivity index (χ1v) is 15.4. The molecule has 2 aromatic rings. The van der Waals surface area contributed by atoms with Gasteiger partial charge in [0.15, 0.2) is 0 Å². The number of allylic oxidation sites excluding steroid dienone is 1. The van der Waals surface area contributed by atoms with Gasteiger partial charge in [0, 0.05) is 5.56 Å². The molecule has 1 aliphatic heterocycles. The first-order chi connectivity index (χ1) is 12.9. The molecule has 1 amide bonds. The van der Waals surface area contributed by atoms with Crippen molar-refractivity contribution in [3.8, 4) is 11.1 Å². The van der Waals surface area contributed by atoms with Gasteiger partial charge in [-0.05, 0) is 96.8 Å². The summed E-state index contributed by atoms with van der Waals surface area (Å²) in [6, 6.07) is 5.13. The third-order valence-electron chi connectivity index (χ3n) is 6.01. The average molecular weight is 411 g/mol. The predicted molar refractivity (Wildman–Crippen MR) is 117 cm³/mol. The molecule has 2 aliphatic rings. The highest BCUT2D eigenvalue weighted by molar-refractivity contribution is 7.00. The summed E-state index contributed by atoms with van der Waals surface area (Å²) in [5.74, 6) is -0.903. The maximum Gasteiger partial charge on any atom is 0.270 e. The number of carbonyl (C=O) groups is 1. The number of fused-ring (bicyclic) bond motifs is 3. The number of benzene rings is 2. The number of hydrogen-bond donors (Lipinski definition) is 0. The first-order valence-electron chi connectivity index (χ1n) is 9.57. The van der Waals surface area contributed by atoms with Crippen molar-refractivity contribution in [3.05, 3.63) is 51.8 Å². The highest BCUT2D eigenvalue weighted by Crippen LogP contribution is 2.39. The summed E-state index contributed by atoms with van der Waals surface area (Å²) in [5.41, 5.74) is 13.8. The molecule has 2 aromatic carbocycles. The Bertz CT molecular complexity index is 1090. The van der Waals surface area contributed by atoms with E-state index < -0.39 is 22.5 Å². The van der Waals surface area contributed by atoms with Crippen molar-refractivity contribution in [1.82, 2.24) is 5.73 Å². The molecule has 6 heteroatoms. The molecule has 1 N–H and O–H groups in total. The molecular formula is C22H25FNO2Si2. The zero-order valence-corrected chi connectivity index (χ0v) is 19.2. The fourth-order valence-corrected chi connectivity index (χ4v) is 14.6. The quantitative estimate of drug-likeness (QED) is 0.702. The third-order valence-corrected chi connectivity index (χ3v) is 13.7. The summed E-state index contributed by atoms with van der Waals surface area (Å²) in [6.45, 7) is 12.8. The summed E-state index contributed by atoms with van der Waals surface area (Å²) < 4.78 is 21.2. The zero-order valence-electron chi connectivity index (χ0n) is 17.2. The van der Waals surface area contributed by atoms with Crippen LogP contribution in [0, 0.1) is 12.7 Å². The van der Waals surface area contributed by atoms with Crippen LogP contribution in [0.5, 0.6) is 0 Å². The van der Waals surface area contributed by atoms with Gasteiger partial charge in [-0.25, -0.2) is 4.39 Å². The molecule has 2 bridgehead atoms. The van der Waals surface area contributed by atoms with Gasteiger partial charge in [-0.1, -0.05) is 17.7 Å². The Morgan fingerprint density at radius 1 is 1.14 bits per heavy atom. The number of amides is 1. The van der Waals surface area contributed by atoms with Gasteiger partial charge in [0.2, 0.25) is 16.6 Å². The SMILES string of the molecule is CC1=Cc2c(-c3c(C([NH])=O)cc4c(C)c3[Si](C)(C)O[Si]4(C)C)ccc(F)c2C1. The molecule has 1 aliphatic carbocycles. The van der Waals surface area contributed by atoms with E-state index in [2.05, 4.69) is 33.1 Å². The number of hydrogen-bond acceptors (Lipinski definition) is 2. The number of rotatable bonds is 2. The van der Waals surface area contributed by atoms with Gasteiger partial charge in [0.1, 0.15) is 5.82 Å². The Labute approximate surface area is 167 Å². The Morgan fingerprint density at radius 3 is 2.46 bits per heavy atom. The van der Waals surface area contributed by atoms with Crippen LogP contribution in [0.25, 0.3) is 17.2 Å². The second-order valence-corrected chi connectivity index (χ2v) is 16.8. The Kier molecular flexibility index (Phi) is 4.12. The summed E-state index contributed by atoms with van der Waals surface area (Å²) in [5, 5.41) is 2.18. The fraction of sp³-hybridized carbons (Fsp3) is 0.318. The van der Waals surface area contributed by atoms with Crippen molar-refractivity contribution < 1.29 is 13.3 Å². The molecule has 0 saturated heterocycles. The van der Waals surface area contributed by atoms with Crippen molar-refractivity contribution in [2.75, 3.05) is 0 Å². The van der Waals surface area contributed by atoms with E-state index >= 15 is 0 Å².